The van der Waals surface area contributed by atoms with Crippen LogP contribution in [0.15, 0.2) is 285 Å². The first-order chi connectivity index (χ1) is 42.1. The highest BCUT2D eigenvalue weighted by molar-refractivity contribution is 5.81. The molecular formula is C74H63N10O+. The maximum atomic E-state index is 11.2. The van der Waals surface area contributed by atoms with Crippen molar-refractivity contribution in [1.29, 1.82) is 0 Å². The van der Waals surface area contributed by atoms with Gasteiger partial charge in [0.25, 0.3) is 5.82 Å². The van der Waals surface area contributed by atoms with Gasteiger partial charge < -0.3 is 5.11 Å². The molecule has 0 aliphatic heterocycles. The van der Waals surface area contributed by atoms with Crippen LogP contribution in [0.1, 0.15) is 75.8 Å². The third-order valence-electron chi connectivity index (χ3n) is 16.4. The van der Waals surface area contributed by atoms with Crippen LogP contribution in [-0.2, 0) is 37.2 Å². The molecule has 10 aromatic carbocycles. The number of rotatable bonds is 20. The Kier molecular flexibility index (Phi) is 15.3. The standard InChI is InChI=1S/C74H63N10O/c1-2-3-38-65-53-81(51-55-43-47-57(48-44-55)66-39-22-24-41-68(66)71-75-79-83(77-71)73(59-26-10-4-11-27-59,60-28-12-5-13-29-60)61-30-14-6-15-31-61)70(54-85)82(65)52-56-45-49-58(50-46-56)67-40-23-25-42-69(67)72-76-80-84(78-72)74(62-32-16-7-17-33-62,63-34-18-8-19-35-63)64-36-20-9-21-37-64/h4-37,39-50,53,85H,2-3,38,51-52,54H2,1H3/q+1. The average Bonchev–Trinajstić information content (AvgIpc) is 2.27. The molecule has 11 nitrogen and oxygen atoms in total. The predicted octanol–water partition coefficient (Wildman–Crippen LogP) is 14.0. The van der Waals surface area contributed by atoms with E-state index >= 15 is 0 Å². The summed E-state index contributed by atoms with van der Waals surface area (Å²) in [6.07, 6.45) is 5.22. The maximum absolute atomic E-state index is 11.2. The highest BCUT2D eigenvalue weighted by Gasteiger charge is 2.43. The monoisotopic (exact) mass is 1110 g/mol. The summed E-state index contributed by atoms with van der Waals surface area (Å²) in [6.45, 7) is 3.32. The van der Waals surface area contributed by atoms with Crippen molar-refractivity contribution >= 4 is 0 Å². The molecule has 0 saturated heterocycles. The number of aryl methyl sites for hydroxylation is 1. The molecule has 0 bridgehead atoms. The Labute approximate surface area is 495 Å². The third kappa shape index (κ3) is 10.2. The van der Waals surface area contributed by atoms with Crippen molar-refractivity contribution in [3.8, 4) is 45.0 Å². The lowest BCUT2D eigenvalue weighted by atomic mass is 9.77. The van der Waals surface area contributed by atoms with Crippen LogP contribution in [0.4, 0.5) is 0 Å². The minimum absolute atomic E-state index is 0.107. The lowest BCUT2D eigenvalue weighted by molar-refractivity contribution is -0.704. The molecule has 0 saturated carbocycles. The molecule has 3 aromatic heterocycles. The summed E-state index contributed by atoms with van der Waals surface area (Å²) in [7, 11) is 0. The van der Waals surface area contributed by atoms with Crippen molar-refractivity contribution in [2.24, 2.45) is 0 Å². The molecule has 13 aromatic rings. The molecule has 414 valence electrons. The van der Waals surface area contributed by atoms with E-state index in [-0.39, 0.29) is 6.61 Å². The fourth-order valence-corrected chi connectivity index (χ4v) is 12.2. The summed E-state index contributed by atoms with van der Waals surface area (Å²) in [5.74, 6) is 1.92. The first-order valence-corrected chi connectivity index (χ1v) is 29.1. The number of hydrogen-bond donors (Lipinski definition) is 1. The van der Waals surface area contributed by atoms with E-state index in [0.29, 0.717) is 24.7 Å². The van der Waals surface area contributed by atoms with Gasteiger partial charge in [-0.1, -0.05) is 292 Å². The Bertz CT molecular complexity index is 4110. The molecule has 0 spiro atoms. The molecule has 0 amide bonds. The third-order valence-corrected chi connectivity index (χ3v) is 16.4. The zero-order chi connectivity index (χ0) is 57.4. The Balaban J connectivity index is 0.771. The molecular weight excluding hydrogens is 1040 g/mol. The van der Waals surface area contributed by atoms with Crippen molar-refractivity contribution in [1.82, 2.24) is 45.0 Å². The normalized spacial score (nSPS) is 11.7. The number of aliphatic hydroxyl groups is 1. The average molecular weight is 1110 g/mol. The Hall–Kier alpha value is -10.5. The highest BCUT2D eigenvalue weighted by atomic mass is 16.3. The summed E-state index contributed by atoms with van der Waals surface area (Å²) < 4.78 is 4.51. The number of nitrogens with zero attached hydrogens (tertiary/aromatic N) is 10. The van der Waals surface area contributed by atoms with Crippen LogP contribution in [0.2, 0.25) is 0 Å². The van der Waals surface area contributed by atoms with Crippen LogP contribution in [-0.4, -0.2) is 50.1 Å². The summed E-state index contributed by atoms with van der Waals surface area (Å²) >= 11 is 0. The SMILES string of the molecule is CCCCc1cn(Cc2ccc(-c3ccccc3-c3nnn(C(c4ccccc4)(c4ccccc4)c4ccccc4)n3)cc2)c(CO)[n+]1Cc1ccc(-c2ccccc2-c2nnn(C(c3ccccc3)(c3ccccc3)c3ccccc3)n2)cc1. The van der Waals surface area contributed by atoms with E-state index < -0.39 is 11.1 Å². The number of unbranched alkanes of at least 4 members (excludes halogenated alkanes) is 1. The van der Waals surface area contributed by atoms with Gasteiger partial charge >= 0.3 is 0 Å². The number of hydrogen-bond acceptors (Lipinski definition) is 7. The Morgan fingerprint density at radius 1 is 0.400 bits per heavy atom. The zero-order valence-corrected chi connectivity index (χ0v) is 47.3. The van der Waals surface area contributed by atoms with E-state index in [0.717, 1.165) is 103 Å². The van der Waals surface area contributed by atoms with Gasteiger partial charge in [-0.15, -0.1) is 30.0 Å². The molecule has 0 fully saturated rings. The topological polar surface area (TPSA) is 116 Å². The lowest BCUT2D eigenvalue weighted by Gasteiger charge is -2.34. The van der Waals surface area contributed by atoms with Crippen LogP contribution < -0.4 is 4.57 Å². The predicted molar refractivity (Wildman–Crippen MR) is 334 cm³/mol. The van der Waals surface area contributed by atoms with E-state index in [1.54, 1.807) is 9.59 Å². The van der Waals surface area contributed by atoms with Gasteiger partial charge in [0, 0.05) is 17.5 Å². The first-order valence-electron chi connectivity index (χ1n) is 29.1. The summed E-state index contributed by atoms with van der Waals surface area (Å²) in [6, 6.07) is 96.4. The molecule has 85 heavy (non-hydrogen) atoms. The molecule has 0 radical (unpaired) electrons. The molecule has 1 N–H and O–H groups in total. The van der Waals surface area contributed by atoms with Crippen molar-refractivity contribution < 1.29 is 9.67 Å². The summed E-state index contributed by atoms with van der Waals surface area (Å²) in [5, 5.41) is 41.0. The fraction of sp³-hybridized carbons (Fsp3) is 0.122. The molecule has 0 atom stereocenters. The van der Waals surface area contributed by atoms with Crippen molar-refractivity contribution in [3.05, 3.63) is 341 Å². The molecule has 0 unspecified atom stereocenters. The second kappa shape index (κ2) is 24.1. The lowest BCUT2D eigenvalue weighted by Crippen LogP contribution is -2.41. The molecule has 0 aliphatic carbocycles. The van der Waals surface area contributed by atoms with Gasteiger partial charge in [-0.25, -0.2) is 9.13 Å². The van der Waals surface area contributed by atoms with E-state index in [1.807, 2.05) is 48.5 Å². The largest absolute Gasteiger partial charge is 0.384 e. The fourth-order valence-electron chi connectivity index (χ4n) is 12.2. The van der Waals surface area contributed by atoms with E-state index in [9.17, 15) is 5.11 Å². The van der Waals surface area contributed by atoms with Crippen LogP contribution in [0.3, 0.4) is 0 Å². The van der Waals surface area contributed by atoms with Gasteiger partial charge in [-0.05, 0) is 83.6 Å². The minimum Gasteiger partial charge on any atom is -0.384 e. The number of aliphatic hydroxyl groups excluding tert-OH is 1. The smallest absolute Gasteiger partial charge is 0.283 e. The van der Waals surface area contributed by atoms with Crippen molar-refractivity contribution in [2.75, 3.05) is 0 Å². The summed E-state index contributed by atoms with van der Waals surface area (Å²) in [5.41, 5.74) is 13.6. The van der Waals surface area contributed by atoms with Crippen LogP contribution in [0.25, 0.3) is 45.0 Å². The van der Waals surface area contributed by atoms with Crippen molar-refractivity contribution in [3.63, 3.8) is 0 Å². The second-order valence-corrected chi connectivity index (χ2v) is 21.4. The van der Waals surface area contributed by atoms with Gasteiger partial charge in [0.05, 0.1) is 0 Å². The quantitative estimate of drug-likeness (QED) is 0.0597. The van der Waals surface area contributed by atoms with E-state index in [4.69, 9.17) is 30.8 Å². The maximum Gasteiger partial charge on any atom is 0.283 e. The first kappa shape index (κ1) is 53.8. The Morgan fingerprint density at radius 2 is 0.741 bits per heavy atom. The number of imidazole rings is 1. The van der Waals surface area contributed by atoms with Crippen LogP contribution >= 0.6 is 0 Å². The van der Waals surface area contributed by atoms with Crippen LogP contribution in [0, 0.1) is 0 Å². The van der Waals surface area contributed by atoms with Gasteiger partial charge in [-0.2, -0.15) is 0 Å². The molecule has 13 rings (SSSR count). The number of aromatic nitrogens is 10. The van der Waals surface area contributed by atoms with E-state index in [1.165, 1.54) is 5.69 Å². The Morgan fingerprint density at radius 3 is 1.09 bits per heavy atom. The van der Waals surface area contributed by atoms with Gasteiger partial charge in [0.1, 0.15) is 31.6 Å². The van der Waals surface area contributed by atoms with Crippen LogP contribution in [0.5, 0.6) is 0 Å². The molecule has 3 heterocycles. The zero-order valence-electron chi connectivity index (χ0n) is 47.3. The second-order valence-electron chi connectivity index (χ2n) is 21.4. The summed E-state index contributed by atoms with van der Waals surface area (Å²) in [4.78, 5) is 3.55. The number of benzene rings is 10. The van der Waals surface area contributed by atoms with Crippen molar-refractivity contribution in [2.45, 2.75) is 57.0 Å². The molecule has 11 heteroatoms. The molecule has 0 aliphatic rings. The number of tetrazole rings is 2. The van der Waals surface area contributed by atoms with Gasteiger partial charge in [0.15, 0.2) is 11.1 Å². The van der Waals surface area contributed by atoms with E-state index in [2.05, 4.69) is 253 Å². The van der Waals surface area contributed by atoms with Gasteiger partial charge in [-0.3, -0.25) is 0 Å². The highest BCUT2D eigenvalue weighted by Crippen LogP contribution is 2.43. The minimum atomic E-state index is -0.890. The van der Waals surface area contributed by atoms with Gasteiger partial charge in [0.2, 0.25) is 11.6 Å².